The number of carbonyl (C=O) groups is 2. The number of amides is 1. The maximum Gasteiger partial charge on any atom is 0.316 e. The molecule has 0 aliphatic carbocycles. The smallest absolute Gasteiger partial charge is 0.316 e. The Morgan fingerprint density at radius 3 is 2.23 bits per heavy atom. The summed E-state index contributed by atoms with van der Waals surface area (Å²) >= 11 is 1.39. The number of hydrogen-bond acceptors (Lipinski definition) is 4. The first-order valence-electron chi connectivity index (χ1n) is 8.72. The van der Waals surface area contributed by atoms with Gasteiger partial charge in [0, 0.05) is 4.90 Å². The Morgan fingerprint density at radius 2 is 1.62 bits per heavy atom. The van der Waals surface area contributed by atoms with Crippen LogP contribution in [0.5, 0.6) is 0 Å². The van der Waals surface area contributed by atoms with Gasteiger partial charge in [-0.2, -0.15) is 0 Å². The number of ether oxygens (including phenoxy) is 1. The fourth-order valence-electron chi connectivity index (χ4n) is 2.52. The van der Waals surface area contributed by atoms with E-state index >= 15 is 0 Å². The molecule has 0 aromatic heterocycles. The third kappa shape index (κ3) is 7.31. The van der Waals surface area contributed by atoms with Crippen LogP contribution >= 0.6 is 11.8 Å². The molecule has 0 spiro atoms. The minimum absolute atomic E-state index is 0.0823. The topological polar surface area (TPSA) is 55.4 Å². The number of thioether (sulfide) groups is 1. The highest BCUT2D eigenvalue weighted by Crippen LogP contribution is 2.21. The summed E-state index contributed by atoms with van der Waals surface area (Å²) in [6, 6.07) is 19.4. The lowest BCUT2D eigenvalue weighted by molar-refractivity contribution is -0.146. The first kappa shape index (κ1) is 20.0. The zero-order valence-electron chi connectivity index (χ0n) is 15.2. The lowest BCUT2D eigenvalue weighted by Gasteiger charge is -2.21. The van der Waals surface area contributed by atoms with Crippen molar-refractivity contribution in [1.82, 2.24) is 5.32 Å². The van der Waals surface area contributed by atoms with Crippen molar-refractivity contribution >= 4 is 23.6 Å². The summed E-state index contributed by atoms with van der Waals surface area (Å²) in [7, 11) is 0. The van der Waals surface area contributed by atoms with Crippen LogP contribution in [0.1, 0.15) is 31.9 Å². The van der Waals surface area contributed by atoms with Gasteiger partial charge in [-0.05, 0) is 30.0 Å². The normalized spacial score (nSPS) is 11.8. The second kappa shape index (κ2) is 10.7. The lowest BCUT2D eigenvalue weighted by Crippen LogP contribution is -2.33. The van der Waals surface area contributed by atoms with Crippen molar-refractivity contribution in [3.63, 3.8) is 0 Å². The molecule has 1 amide bonds. The second-order valence-corrected chi connectivity index (χ2v) is 7.47. The summed E-state index contributed by atoms with van der Waals surface area (Å²) in [4.78, 5) is 25.0. The van der Waals surface area contributed by atoms with Gasteiger partial charge >= 0.3 is 5.97 Å². The summed E-state index contributed by atoms with van der Waals surface area (Å²) in [5.74, 6) is -0.0530. The molecule has 0 radical (unpaired) electrons. The molecule has 4 nitrogen and oxygen atoms in total. The van der Waals surface area contributed by atoms with Crippen molar-refractivity contribution in [3.8, 4) is 0 Å². The first-order valence-corrected chi connectivity index (χ1v) is 9.71. The molecule has 5 heteroatoms. The van der Waals surface area contributed by atoms with Crippen LogP contribution in [0.4, 0.5) is 0 Å². The highest BCUT2D eigenvalue weighted by molar-refractivity contribution is 8.00. The molecule has 2 aromatic rings. The monoisotopic (exact) mass is 371 g/mol. The molecular weight excluding hydrogens is 346 g/mol. The van der Waals surface area contributed by atoms with E-state index in [0.717, 1.165) is 16.9 Å². The van der Waals surface area contributed by atoms with Gasteiger partial charge in [0.05, 0.1) is 11.8 Å². The molecule has 0 heterocycles. The molecule has 0 aliphatic rings. The maximum absolute atomic E-state index is 12.2. The van der Waals surface area contributed by atoms with E-state index in [0.29, 0.717) is 5.92 Å². The van der Waals surface area contributed by atoms with E-state index in [1.165, 1.54) is 11.8 Å². The minimum atomic E-state index is -0.394. The summed E-state index contributed by atoms with van der Waals surface area (Å²) < 4.78 is 5.10. The SMILES string of the molecule is CC(C)C[C@H](NC(=O)COC(=O)CSc1ccccc1)c1ccccc1. The van der Waals surface area contributed by atoms with Crippen LogP contribution in [0.2, 0.25) is 0 Å². The first-order chi connectivity index (χ1) is 12.5. The summed E-state index contributed by atoms with van der Waals surface area (Å²) in [5, 5.41) is 2.97. The molecule has 2 rings (SSSR count). The molecule has 0 fully saturated rings. The van der Waals surface area contributed by atoms with E-state index < -0.39 is 5.97 Å². The Labute approximate surface area is 159 Å². The quantitative estimate of drug-likeness (QED) is 0.529. The van der Waals surface area contributed by atoms with Gasteiger partial charge in [0.15, 0.2) is 6.61 Å². The summed E-state index contributed by atoms with van der Waals surface area (Å²) in [6.45, 7) is 3.97. The van der Waals surface area contributed by atoms with Gasteiger partial charge in [0.25, 0.3) is 5.91 Å². The number of esters is 1. The van der Waals surface area contributed by atoms with E-state index in [4.69, 9.17) is 4.74 Å². The third-order valence-electron chi connectivity index (χ3n) is 3.71. The zero-order chi connectivity index (χ0) is 18.8. The molecular formula is C21H25NO3S. The Morgan fingerprint density at radius 1 is 1.00 bits per heavy atom. The molecule has 1 N–H and O–H groups in total. The predicted molar refractivity (Wildman–Crippen MR) is 105 cm³/mol. The second-order valence-electron chi connectivity index (χ2n) is 6.42. The maximum atomic E-state index is 12.2. The van der Waals surface area contributed by atoms with Gasteiger partial charge in [-0.25, -0.2) is 0 Å². The molecule has 0 aliphatic heterocycles. The van der Waals surface area contributed by atoms with Crippen molar-refractivity contribution < 1.29 is 14.3 Å². The van der Waals surface area contributed by atoms with E-state index in [-0.39, 0.29) is 24.3 Å². The largest absolute Gasteiger partial charge is 0.455 e. The van der Waals surface area contributed by atoms with Crippen molar-refractivity contribution in [1.29, 1.82) is 0 Å². The van der Waals surface area contributed by atoms with Crippen LogP contribution < -0.4 is 5.32 Å². The van der Waals surface area contributed by atoms with Crippen LogP contribution in [0, 0.1) is 5.92 Å². The molecule has 0 bridgehead atoms. The Kier molecular flexibility index (Phi) is 8.22. The van der Waals surface area contributed by atoms with Gasteiger partial charge in [-0.1, -0.05) is 62.4 Å². The van der Waals surface area contributed by atoms with Crippen LogP contribution in [-0.2, 0) is 14.3 Å². The Balaban J connectivity index is 1.79. The molecule has 0 saturated heterocycles. The van der Waals surface area contributed by atoms with Crippen LogP contribution in [0.3, 0.4) is 0 Å². The summed E-state index contributed by atoms with van der Waals surface area (Å²) in [5.41, 5.74) is 1.06. The predicted octanol–water partition coefficient (Wildman–Crippen LogP) is 4.23. The van der Waals surface area contributed by atoms with Gasteiger partial charge in [-0.15, -0.1) is 11.8 Å². The molecule has 2 aromatic carbocycles. The van der Waals surface area contributed by atoms with Crippen LogP contribution in [0.25, 0.3) is 0 Å². The fraction of sp³-hybridized carbons (Fsp3) is 0.333. The number of carbonyl (C=O) groups excluding carboxylic acids is 2. The number of hydrogen-bond donors (Lipinski definition) is 1. The van der Waals surface area contributed by atoms with Gasteiger partial charge < -0.3 is 10.1 Å². The molecule has 0 unspecified atom stereocenters. The molecule has 138 valence electrons. The Hall–Kier alpha value is -2.27. The van der Waals surface area contributed by atoms with Gasteiger partial charge in [0.1, 0.15) is 0 Å². The van der Waals surface area contributed by atoms with Crippen molar-refractivity contribution in [2.75, 3.05) is 12.4 Å². The Bertz CT molecular complexity index is 689. The highest BCUT2D eigenvalue weighted by Gasteiger charge is 2.17. The van der Waals surface area contributed by atoms with Crippen LogP contribution in [0.15, 0.2) is 65.6 Å². The number of rotatable bonds is 9. The van der Waals surface area contributed by atoms with E-state index in [1.54, 1.807) is 0 Å². The van der Waals surface area contributed by atoms with Crippen LogP contribution in [-0.4, -0.2) is 24.2 Å². The van der Waals surface area contributed by atoms with Gasteiger partial charge in [0.2, 0.25) is 0 Å². The van der Waals surface area contributed by atoms with E-state index in [1.807, 2.05) is 60.7 Å². The van der Waals surface area contributed by atoms with Crippen molar-refractivity contribution in [2.45, 2.75) is 31.2 Å². The zero-order valence-corrected chi connectivity index (χ0v) is 16.0. The average molecular weight is 372 g/mol. The standard InChI is InChI=1S/C21H25NO3S/c1-16(2)13-19(17-9-5-3-6-10-17)22-20(23)14-25-21(24)15-26-18-11-7-4-8-12-18/h3-12,16,19H,13-15H2,1-2H3,(H,22,23)/t19-/m0/s1. The molecule has 26 heavy (non-hydrogen) atoms. The highest BCUT2D eigenvalue weighted by atomic mass is 32.2. The van der Waals surface area contributed by atoms with E-state index in [2.05, 4.69) is 19.2 Å². The fourth-order valence-corrected chi connectivity index (χ4v) is 3.24. The van der Waals surface area contributed by atoms with E-state index in [9.17, 15) is 9.59 Å². The molecule has 0 saturated carbocycles. The number of nitrogens with one attached hydrogen (secondary N) is 1. The van der Waals surface area contributed by atoms with Crippen molar-refractivity contribution in [2.24, 2.45) is 5.92 Å². The summed E-state index contributed by atoms with van der Waals surface area (Å²) in [6.07, 6.45) is 0.827. The van der Waals surface area contributed by atoms with Crippen molar-refractivity contribution in [3.05, 3.63) is 66.2 Å². The average Bonchev–Trinajstić information content (AvgIpc) is 2.65. The third-order valence-corrected chi connectivity index (χ3v) is 4.69. The minimum Gasteiger partial charge on any atom is -0.455 e. The van der Waals surface area contributed by atoms with Gasteiger partial charge in [-0.3, -0.25) is 9.59 Å². The lowest BCUT2D eigenvalue weighted by atomic mass is 9.97. The number of benzene rings is 2. The molecule has 1 atom stereocenters.